The van der Waals surface area contributed by atoms with Gasteiger partial charge in [0.05, 0.1) is 31.4 Å². The maximum absolute atomic E-state index is 13.3. The molecule has 2 heterocycles. The number of aliphatic hydroxyl groups excluding tert-OH is 1. The molecule has 4 rings (SSSR count). The molecule has 192 valence electrons. The van der Waals surface area contributed by atoms with Gasteiger partial charge in [-0.3, -0.25) is 14.5 Å². The van der Waals surface area contributed by atoms with Gasteiger partial charge in [0.25, 0.3) is 11.7 Å². The summed E-state index contributed by atoms with van der Waals surface area (Å²) in [6, 6.07) is 12.6. The smallest absolute Gasteiger partial charge is 0.295 e. The standard InChI is InChI=1S/C29H36N2O5/c1-4-16-36-23-10-11-24(21(3)19-23)27(32)25-26(22-8-6-20(2)7-9-22)31(29(34)28(25)33)13-5-12-30-14-17-35-18-15-30/h6-11,19,26,32H,4-5,12-18H2,1-3H3/b27-25+. The van der Waals surface area contributed by atoms with Crippen molar-refractivity contribution in [3.8, 4) is 5.75 Å². The summed E-state index contributed by atoms with van der Waals surface area (Å²) in [5.41, 5.74) is 3.35. The Morgan fingerprint density at radius 1 is 1.06 bits per heavy atom. The van der Waals surface area contributed by atoms with Crippen molar-refractivity contribution in [1.82, 2.24) is 9.80 Å². The molecule has 0 radical (unpaired) electrons. The highest BCUT2D eigenvalue weighted by Crippen LogP contribution is 2.40. The molecule has 0 spiro atoms. The minimum atomic E-state index is -0.643. The maximum atomic E-state index is 13.3. The van der Waals surface area contributed by atoms with Crippen molar-refractivity contribution in [2.45, 2.75) is 39.7 Å². The van der Waals surface area contributed by atoms with Crippen LogP contribution in [0.4, 0.5) is 0 Å². The number of aliphatic hydroxyl groups is 1. The molecule has 0 saturated carbocycles. The zero-order valence-corrected chi connectivity index (χ0v) is 21.5. The van der Waals surface area contributed by atoms with Crippen LogP contribution in [0.2, 0.25) is 0 Å². The average molecular weight is 493 g/mol. The summed E-state index contributed by atoms with van der Waals surface area (Å²) in [5, 5.41) is 11.4. The lowest BCUT2D eigenvalue weighted by Crippen LogP contribution is -2.38. The van der Waals surface area contributed by atoms with E-state index in [0.717, 1.165) is 62.4 Å². The highest BCUT2D eigenvalue weighted by molar-refractivity contribution is 6.46. The van der Waals surface area contributed by atoms with Gasteiger partial charge in [0.1, 0.15) is 11.5 Å². The lowest BCUT2D eigenvalue weighted by atomic mass is 9.93. The first-order valence-corrected chi connectivity index (χ1v) is 12.8. The van der Waals surface area contributed by atoms with Gasteiger partial charge in [-0.25, -0.2) is 0 Å². The number of hydrogen-bond acceptors (Lipinski definition) is 6. The molecular weight excluding hydrogens is 456 g/mol. The van der Waals surface area contributed by atoms with Crippen LogP contribution in [0.15, 0.2) is 48.0 Å². The van der Waals surface area contributed by atoms with E-state index < -0.39 is 17.7 Å². The Morgan fingerprint density at radius 2 is 1.78 bits per heavy atom. The lowest BCUT2D eigenvalue weighted by molar-refractivity contribution is -0.140. The molecule has 2 aliphatic rings. The number of hydrogen-bond donors (Lipinski definition) is 1. The number of carbonyl (C=O) groups is 2. The van der Waals surface area contributed by atoms with Crippen molar-refractivity contribution >= 4 is 17.4 Å². The van der Waals surface area contributed by atoms with E-state index in [4.69, 9.17) is 9.47 Å². The largest absolute Gasteiger partial charge is 0.507 e. The van der Waals surface area contributed by atoms with E-state index in [2.05, 4.69) is 4.90 Å². The van der Waals surface area contributed by atoms with Crippen LogP contribution >= 0.6 is 0 Å². The number of Topliss-reactive ketones (excluding diaryl/α,β-unsaturated/α-hetero) is 1. The number of nitrogens with zero attached hydrogens (tertiary/aromatic N) is 2. The zero-order chi connectivity index (χ0) is 25.7. The Kier molecular flexibility index (Phi) is 8.44. The van der Waals surface area contributed by atoms with Gasteiger partial charge in [0.15, 0.2) is 0 Å². The molecule has 0 aromatic heterocycles. The summed E-state index contributed by atoms with van der Waals surface area (Å²) in [7, 11) is 0. The Labute approximate surface area is 213 Å². The number of aryl methyl sites for hydroxylation is 2. The molecule has 1 N–H and O–H groups in total. The van der Waals surface area contributed by atoms with Crippen LogP contribution in [0.1, 0.15) is 48.1 Å². The third-order valence-corrected chi connectivity index (χ3v) is 6.84. The second kappa shape index (κ2) is 11.7. The first kappa shape index (κ1) is 25.9. The molecule has 1 amide bonds. The number of rotatable bonds is 9. The highest BCUT2D eigenvalue weighted by atomic mass is 16.5. The van der Waals surface area contributed by atoms with Crippen molar-refractivity contribution < 1.29 is 24.2 Å². The fraction of sp³-hybridized carbons (Fsp3) is 0.448. The number of ketones is 1. The Balaban J connectivity index is 1.66. The fourth-order valence-corrected chi connectivity index (χ4v) is 4.85. The molecule has 2 aliphatic heterocycles. The van der Waals surface area contributed by atoms with E-state index in [1.54, 1.807) is 17.0 Å². The fourth-order valence-electron chi connectivity index (χ4n) is 4.85. The van der Waals surface area contributed by atoms with Crippen LogP contribution in [-0.2, 0) is 14.3 Å². The minimum Gasteiger partial charge on any atom is -0.507 e. The van der Waals surface area contributed by atoms with E-state index in [0.29, 0.717) is 24.5 Å². The van der Waals surface area contributed by atoms with Crippen LogP contribution in [0, 0.1) is 13.8 Å². The van der Waals surface area contributed by atoms with Crippen LogP contribution in [-0.4, -0.2) is 72.6 Å². The monoisotopic (exact) mass is 492 g/mol. The zero-order valence-electron chi connectivity index (χ0n) is 21.5. The lowest BCUT2D eigenvalue weighted by Gasteiger charge is -2.29. The van der Waals surface area contributed by atoms with Gasteiger partial charge >= 0.3 is 0 Å². The number of amides is 1. The first-order chi connectivity index (χ1) is 17.4. The molecule has 2 aromatic carbocycles. The van der Waals surface area contributed by atoms with Crippen molar-refractivity contribution in [2.24, 2.45) is 0 Å². The van der Waals surface area contributed by atoms with Crippen LogP contribution in [0.5, 0.6) is 5.75 Å². The molecule has 2 aromatic rings. The summed E-state index contributed by atoms with van der Waals surface area (Å²) in [6.45, 7) is 10.9. The molecule has 1 atom stereocenters. The topological polar surface area (TPSA) is 79.3 Å². The predicted octanol–water partition coefficient (Wildman–Crippen LogP) is 4.24. The molecule has 0 aliphatic carbocycles. The number of carbonyl (C=O) groups excluding carboxylic acids is 2. The van der Waals surface area contributed by atoms with E-state index in [1.165, 1.54) is 0 Å². The molecule has 7 nitrogen and oxygen atoms in total. The molecule has 2 saturated heterocycles. The third kappa shape index (κ3) is 5.63. The number of ether oxygens (including phenoxy) is 2. The number of benzene rings is 2. The summed E-state index contributed by atoms with van der Waals surface area (Å²) < 4.78 is 11.1. The minimum absolute atomic E-state index is 0.139. The Morgan fingerprint density at radius 3 is 2.44 bits per heavy atom. The van der Waals surface area contributed by atoms with Gasteiger partial charge in [0.2, 0.25) is 0 Å². The van der Waals surface area contributed by atoms with Crippen LogP contribution in [0.25, 0.3) is 5.76 Å². The van der Waals surface area contributed by atoms with Gasteiger partial charge in [-0.1, -0.05) is 36.8 Å². The highest BCUT2D eigenvalue weighted by Gasteiger charge is 2.45. The summed E-state index contributed by atoms with van der Waals surface area (Å²) >= 11 is 0. The van der Waals surface area contributed by atoms with Crippen LogP contribution < -0.4 is 4.74 Å². The number of likely N-dealkylation sites (tertiary alicyclic amines) is 1. The van der Waals surface area contributed by atoms with Gasteiger partial charge in [0, 0.05) is 31.7 Å². The molecular formula is C29H36N2O5. The van der Waals surface area contributed by atoms with E-state index >= 15 is 0 Å². The molecule has 36 heavy (non-hydrogen) atoms. The quantitative estimate of drug-likeness (QED) is 0.321. The summed E-state index contributed by atoms with van der Waals surface area (Å²) in [5.74, 6) is -0.640. The molecule has 1 unspecified atom stereocenters. The normalized spacial score (nSPS) is 20.2. The van der Waals surface area contributed by atoms with Crippen molar-refractivity contribution in [3.05, 3.63) is 70.3 Å². The number of morpholine rings is 1. The van der Waals surface area contributed by atoms with Gasteiger partial charge < -0.3 is 19.5 Å². The molecule has 0 bridgehead atoms. The van der Waals surface area contributed by atoms with Crippen molar-refractivity contribution in [1.29, 1.82) is 0 Å². The Bertz CT molecular complexity index is 1120. The second-order valence-corrected chi connectivity index (χ2v) is 9.54. The van der Waals surface area contributed by atoms with Crippen molar-refractivity contribution in [3.63, 3.8) is 0 Å². The average Bonchev–Trinajstić information content (AvgIpc) is 3.13. The van der Waals surface area contributed by atoms with Gasteiger partial charge in [-0.15, -0.1) is 0 Å². The summed E-state index contributed by atoms with van der Waals surface area (Å²) in [4.78, 5) is 30.5. The van der Waals surface area contributed by atoms with Gasteiger partial charge in [-0.05, 0) is 56.0 Å². The van der Waals surface area contributed by atoms with Gasteiger partial charge in [-0.2, -0.15) is 0 Å². The summed E-state index contributed by atoms with van der Waals surface area (Å²) in [6.07, 6.45) is 1.63. The second-order valence-electron chi connectivity index (χ2n) is 9.54. The third-order valence-electron chi connectivity index (χ3n) is 6.84. The molecule has 2 fully saturated rings. The molecule has 7 heteroatoms. The first-order valence-electron chi connectivity index (χ1n) is 12.8. The van der Waals surface area contributed by atoms with E-state index in [9.17, 15) is 14.7 Å². The van der Waals surface area contributed by atoms with E-state index in [-0.39, 0.29) is 11.3 Å². The van der Waals surface area contributed by atoms with Crippen molar-refractivity contribution in [2.75, 3.05) is 46.0 Å². The SMILES string of the molecule is CCCOc1ccc(/C(O)=C2\C(=O)C(=O)N(CCCN3CCOCC3)C2c2ccc(C)cc2)c(C)c1. The van der Waals surface area contributed by atoms with E-state index in [1.807, 2.05) is 51.1 Å². The maximum Gasteiger partial charge on any atom is 0.295 e. The Hall–Kier alpha value is -3.16. The van der Waals surface area contributed by atoms with Crippen LogP contribution in [0.3, 0.4) is 0 Å². The predicted molar refractivity (Wildman–Crippen MR) is 139 cm³/mol.